The fourth-order valence-electron chi connectivity index (χ4n) is 1.54. The van der Waals surface area contributed by atoms with Gasteiger partial charge in [0, 0.05) is 18.3 Å². The molecule has 1 heterocycles. The number of carbonyl (C=O) groups is 1. The Morgan fingerprint density at radius 3 is 2.89 bits per heavy atom. The second kappa shape index (κ2) is 6.55. The Kier molecular flexibility index (Phi) is 4.52. The highest BCUT2D eigenvalue weighted by Gasteiger charge is 2.04. The number of hydrogen-bond donors (Lipinski definition) is 2. The standard InChI is InChI=1S/C13H15N3O3/c17-6-7-19-13(18)14-8-11-9-15-16(10-11)12-4-2-1-3-5-12/h1-5,9-10,17H,6-8H2,(H,14,18). The molecule has 0 spiro atoms. The topological polar surface area (TPSA) is 76.4 Å². The summed E-state index contributed by atoms with van der Waals surface area (Å²) < 4.78 is 6.41. The molecule has 6 heteroatoms. The van der Waals surface area contributed by atoms with Gasteiger partial charge in [0.05, 0.1) is 18.5 Å². The van der Waals surface area contributed by atoms with Gasteiger partial charge in [-0.25, -0.2) is 9.48 Å². The molecule has 1 aromatic heterocycles. The molecule has 0 unspecified atom stereocenters. The second-order valence-corrected chi connectivity index (χ2v) is 3.84. The third kappa shape index (κ3) is 3.82. The number of aromatic nitrogens is 2. The molecule has 0 aliphatic carbocycles. The molecule has 1 aromatic carbocycles. The number of rotatable bonds is 5. The van der Waals surface area contributed by atoms with Crippen LogP contribution in [-0.2, 0) is 11.3 Å². The Balaban J connectivity index is 1.90. The summed E-state index contributed by atoms with van der Waals surface area (Å²) in [5.41, 5.74) is 1.82. The van der Waals surface area contributed by atoms with Crippen LogP contribution < -0.4 is 5.32 Å². The maximum absolute atomic E-state index is 11.2. The normalized spacial score (nSPS) is 10.2. The summed E-state index contributed by atoms with van der Waals surface area (Å²) >= 11 is 0. The molecule has 100 valence electrons. The minimum absolute atomic E-state index is 0.00485. The van der Waals surface area contributed by atoms with E-state index in [9.17, 15) is 4.79 Å². The molecule has 2 rings (SSSR count). The van der Waals surface area contributed by atoms with E-state index in [4.69, 9.17) is 5.11 Å². The predicted molar refractivity (Wildman–Crippen MR) is 68.8 cm³/mol. The van der Waals surface area contributed by atoms with Gasteiger partial charge >= 0.3 is 6.09 Å². The second-order valence-electron chi connectivity index (χ2n) is 3.84. The van der Waals surface area contributed by atoms with Gasteiger partial charge in [-0.3, -0.25) is 0 Å². The number of nitrogens with zero attached hydrogens (tertiary/aromatic N) is 2. The fourth-order valence-corrected chi connectivity index (χ4v) is 1.54. The SMILES string of the molecule is O=C(NCc1cnn(-c2ccccc2)c1)OCCO. The number of amides is 1. The lowest BCUT2D eigenvalue weighted by Crippen LogP contribution is -2.24. The van der Waals surface area contributed by atoms with Gasteiger partial charge in [0.15, 0.2) is 0 Å². The summed E-state index contributed by atoms with van der Waals surface area (Å²) in [5, 5.41) is 15.3. The molecular formula is C13H15N3O3. The van der Waals surface area contributed by atoms with Crippen LogP contribution >= 0.6 is 0 Å². The third-order valence-corrected chi connectivity index (χ3v) is 2.42. The first-order valence-electron chi connectivity index (χ1n) is 5.90. The highest BCUT2D eigenvalue weighted by atomic mass is 16.6. The van der Waals surface area contributed by atoms with Crippen LogP contribution in [0.3, 0.4) is 0 Å². The molecule has 0 aliphatic rings. The summed E-state index contributed by atoms with van der Waals surface area (Å²) in [6.45, 7) is 0.144. The van der Waals surface area contributed by atoms with Crippen molar-refractivity contribution in [3.05, 3.63) is 48.3 Å². The maximum atomic E-state index is 11.2. The lowest BCUT2D eigenvalue weighted by atomic mass is 10.3. The Hall–Kier alpha value is -2.34. The highest BCUT2D eigenvalue weighted by molar-refractivity contribution is 5.67. The van der Waals surface area contributed by atoms with Crippen LogP contribution in [0.25, 0.3) is 5.69 Å². The molecule has 2 N–H and O–H groups in total. The van der Waals surface area contributed by atoms with Crippen molar-refractivity contribution in [3.63, 3.8) is 0 Å². The van der Waals surface area contributed by atoms with Crippen LogP contribution in [0.4, 0.5) is 4.79 Å². The Morgan fingerprint density at radius 1 is 1.37 bits per heavy atom. The molecule has 6 nitrogen and oxygen atoms in total. The molecule has 0 saturated carbocycles. The van der Waals surface area contributed by atoms with Crippen LogP contribution in [0.15, 0.2) is 42.7 Å². The van der Waals surface area contributed by atoms with Crippen molar-refractivity contribution in [2.45, 2.75) is 6.54 Å². The van der Waals surface area contributed by atoms with E-state index in [0.717, 1.165) is 11.3 Å². The summed E-state index contributed by atoms with van der Waals surface area (Å²) in [4.78, 5) is 11.2. The largest absolute Gasteiger partial charge is 0.447 e. The maximum Gasteiger partial charge on any atom is 0.407 e. The molecule has 0 aliphatic heterocycles. The van der Waals surface area contributed by atoms with Crippen molar-refractivity contribution < 1.29 is 14.6 Å². The Bertz CT molecular complexity index is 525. The molecule has 1 amide bonds. The van der Waals surface area contributed by atoms with Gasteiger partial charge in [-0.15, -0.1) is 0 Å². The number of aliphatic hydroxyl groups excluding tert-OH is 1. The van der Waals surface area contributed by atoms with Gasteiger partial charge in [0.1, 0.15) is 6.61 Å². The summed E-state index contributed by atoms with van der Waals surface area (Å²) in [7, 11) is 0. The number of carbonyl (C=O) groups excluding carboxylic acids is 1. The fraction of sp³-hybridized carbons (Fsp3) is 0.231. The van der Waals surface area contributed by atoms with Gasteiger partial charge < -0.3 is 15.2 Å². The average molecular weight is 261 g/mol. The van der Waals surface area contributed by atoms with Gasteiger partial charge in [-0.1, -0.05) is 18.2 Å². The van der Waals surface area contributed by atoms with E-state index >= 15 is 0 Å². The lowest BCUT2D eigenvalue weighted by Gasteiger charge is -2.03. The first-order chi connectivity index (χ1) is 9.29. The predicted octanol–water partition coefficient (Wildman–Crippen LogP) is 1.09. The minimum atomic E-state index is -0.554. The molecule has 0 saturated heterocycles. The molecule has 19 heavy (non-hydrogen) atoms. The summed E-state index contributed by atoms with van der Waals surface area (Å²) in [6.07, 6.45) is 2.96. The quantitative estimate of drug-likeness (QED) is 0.844. The van der Waals surface area contributed by atoms with Crippen molar-refractivity contribution in [1.82, 2.24) is 15.1 Å². The molecule has 0 bridgehead atoms. The van der Waals surface area contributed by atoms with Crippen LogP contribution in [-0.4, -0.2) is 34.2 Å². The Labute approximate surface area is 110 Å². The van der Waals surface area contributed by atoms with Crippen molar-refractivity contribution in [2.75, 3.05) is 13.2 Å². The van der Waals surface area contributed by atoms with Crippen LogP contribution in [0.2, 0.25) is 0 Å². The molecule has 0 radical (unpaired) electrons. The van der Waals surface area contributed by atoms with E-state index in [1.165, 1.54) is 0 Å². The van der Waals surface area contributed by atoms with Crippen molar-refractivity contribution in [2.24, 2.45) is 0 Å². The zero-order chi connectivity index (χ0) is 13.5. The van der Waals surface area contributed by atoms with Gasteiger partial charge in [-0.2, -0.15) is 5.10 Å². The Morgan fingerprint density at radius 2 is 2.16 bits per heavy atom. The summed E-state index contributed by atoms with van der Waals surface area (Å²) in [5.74, 6) is 0. The van der Waals surface area contributed by atoms with Crippen LogP contribution in [0, 0.1) is 0 Å². The van der Waals surface area contributed by atoms with E-state index in [1.54, 1.807) is 10.9 Å². The zero-order valence-corrected chi connectivity index (χ0v) is 10.3. The summed E-state index contributed by atoms with van der Waals surface area (Å²) in [6, 6.07) is 9.69. The lowest BCUT2D eigenvalue weighted by molar-refractivity contribution is 0.119. The first kappa shape index (κ1) is 13.1. The zero-order valence-electron chi connectivity index (χ0n) is 10.3. The number of benzene rings is 1. The number of nitrogens with one attached hydrogen (secondary N) is 1. The molecular weight excluding hydrogens is 246 g/mol. The van der Waals surface area contributed by atoms with Gasteiger partial charge in [-0.05, 0) is 12.1 Å². The van der Waals surface area contributed by atoms with E-state index in [0.29, 0.717) is 6.54 Å². The van der Waals surface area contributed by atoms with E-state index < -0.39 is 6.09 Å². The van der Waals surface area contributed by atoms with Crippen LogP contribution in [0.1, 0.15) is 5.56 Å². The number of aliphatic hydroxyl groups is 1. The number of para-hydroxylation sites is 1. The first-order valence-corrected chi connectivity index (χ1v) is 5.90. The van der Waals surface area contributed by atoms with Crippen LogP contribution in [0.5, 0.6) is 0 Å². The number of hydrogen-bond acceptors (Lipinski definition) is 4. The third-order valence-electron chi connectivity index (χ3n) is 2.42. The van der Waals surface area contributed by atoms with Crippen molar-refractivity contribution in [1.29, 1.82) is 0 Å². The van der Waals surface area contributed by atoms with Crippen molar-refractivity contribution in [3.8, 4) is 5.69 Å². The van der Waals surface area contributed by atoms with Crippen molar-refractivity contribution >= 4 is 6.09 Å². The minimum Gasteiger partial charge on any atom is -0.447 e. The van der Waals surface area contributed by atoms with E-state index in [2.05, 4.69) is 15.2 Å². The van der Waals surface area contributed by atoms with Gasteiger partial charge in [0.2, 0.25) is 0 Å². The van der Waals surface area contributed by atoms with Gasteiger partial charge in [0.25, 0.3) is 0 Å². The number of ether oxygens (including phenoxy) is 1. The average Bonchev–Trinajstić information content (AvgIpc) is 2.93. The monoisotopic (exact) mass is 261 g/mol. The van der Waals surface area contributed by atoms with E-state index in [1.807, 2.05) is 36.5 Å². The molecule has 0 fully saturated rings. The highest BCUT2D eigenvalue weighted by Crippen LogP contribution is 2.07. The molecule has 0 atom stereocenters. The smallest absolute Gasteiger partial charge is 0.407 e. The molecule has 2 aromatic rings. The number of alkyl carbamates (subject to hydrolysis) is 1. The van der Waals surface area contributed by atoms with E-state index in [-0.39, 0.29) is 13.2 Å².